The Morgan fingerprint density at radius 2 is 2.20 bits per heavy atom. The maximum absolute atomic E-state index is 10.9. The van der Waals surface area contributed by atoms with Crippen molar-refractivity contribution in [3.8, 4) is 0 Å². The Balaban J connectivity index is 2.94. The van der Waals surface area contributed by atoms with E-state index in [1.807, 2.05) is 0 Å². The molecule has 54 valence electrons. The zero-order valence-corrected chi connectivity index (χ0v) is 5.55. The number of carbonyl (C=O) groups excluding carboxylic acids is 1. The molecule has 10 heavy (non-hydrogen) atoms. The third kappa shape index (κ3) is 1.07. The van der Waals surface area contributed by atoms with Crippen LogP contribution in [0.25, 0.3) is 0 Å². The summed E-state index contributed by atoms with van der Waals surface area (Å²) in [5.41, 5.74) is 0.186. The van der Waals surface area contributed by atoms with Crippen molar-refractivity contribution in [3.63, 3.8) is 0 Å². The lowest BCUT2D eigenvalue weighted by Gasteiger charge is -2.10. The molecule has 1 aliphatic carbocycles. The third-order valence-electron chi connectivity index (χ3n) is 1.57. The van der Waals surface area contributed by atoms with Gasteiger partial charge in [-0.1, -0.05) is 0 Å². The van der Waals surface area contributed by atoms with E-state index in [1.54, 1.807) is 0 Å². The van der Waals surface area contributed by atoms with Gasteiger partial charge >= 0.3 is 0 Å². The Morgan fingerprint density at radius 3 is 2.60 bits per heavy atom. The minimum Gasteiger partial charge on any atom is -0.512 e. The summed E-state index contributed by atoms with van der Waals surface area (Å²) in [6.45, 7) is 0. The van der Waals surface area contributed by atoms with Crippen molar-refractivity contribution in [1.82, 2.24) is 0 Å². The molecule has 1 aliphatic rings. The number of carbonyl (C=O) groups is 1. The molecule has 0 atom stereocenters. The highest BCUT2D eigenvalue weighted by molar-refractivity contribution is 6.13. The Labute approximate surface area is 58.9 Å². The summed E-state index contributed by atoms with van der Waals surface area (Å²) in [4.78, 5) is 10.9. The highest BCUT2D eigenvalue weighted by atomic mass is 16.3. The SMILES string of the molecule is N=CC1=C(O)CCCC1=O. The molecule has 0 amide bonds. The van der Waals surface area contributed by atoms with E-state index in [9.17, 15) is 4.79 Å². The maximum atomic E-state index is 10.9. The summed E-state index contributed by atoms with van der Waals surface area (Å²) in [5.74, 6) is -0.0370. The van der Waals surface area contributed by atoms with Gasteiger partial charge in [-0.2, -0.15) is 0 Å². The summed E-state index contributed by atoms with van der Waals surface area (Å²) in [6.07, 6.45) is 2.64. The van der Waals surface area contributed by atoms with E-state index in [2.05, 4.69) is 0 Å². The van der Waals surface area contributed by atoms with Crippen LogP contribution in [0.5, 0.6) is 0 Å². The minimum absolute atomic E-state index is 0.0752. The summed E-state index contributed by atoms with van der Waals surface area (Å²) in [7, 11) is 0. The topological polar surface area (TPSA) is 61.1 Å². The van der Waals surface area contributed by atoms with Crippen LogP contribution in [0.15, 0.2) is 11.3 Å². The third-order valence-corrected chi connectivity index (χ3v) is 1.57. The molecule has 0 aromatic rings. The average Bonchev–Trinajstić information content (AvgIpc) is 1.88. The lowest BCUT2D eigenvalue weighted by molar-refractivity contribution is -0.115. The largest absolute Gasteiger partial charge is 0.512 e. The molecular weight excluding hydrogens is 130 g/mol. The fourth-order valence-electron chi connectivity index (χ4n) is 1.01. The first-order valence-corrected chi connectivity index (χ1v) is 3.21. The van der Waals surface area contributed by atoms with Crippen molar-refractivity contribution in [1.29, 1.82) is 5.41 Å². The van der Waals surface area contributed by atoms with Gasteiger partial charge in [0.05, 0.1) is 5.57 Å². The molecule has 0 aliphatic heterocycles. The van der Waals surface area contributed by atoms with Crippen LogP contribution >= 0.6 is 0 Å². The standard InChI is InChI=1S/C7H9NO2/c8-4-5-6(9)2-1-3-7(5)10/h4,8-9H,1-3H2. The van der Waals surface area contributed by atoms with Crippen molar-refractivity contribution in [2.75, 3.05) is 0 Å². The van der Waals surface area contributed by atoms with Crippen LogP contribution in [-0.4, -0.2) is 17.1 Å². The molecule has 0 fully saturated rings. The van der Waals surface area contributed by atoms with Gasteiger partial charge in [-0.3, -0.25) is 4.79 Å². The Morgan fingerprint density at radius 1 is 1.50 bits per heavy atom. The average molecular weight is 139 g/mol. The number of aliphatic hydroxyl groups is 1. The highest BCUT2D eigenvalue weighted by Crippen LogP contribution is 2.17. The molecule has 0 saturated heterocycles. The minimum atomic E-state index is -0.112. The van der Waals surface area contributed by atoms with Crippen LogP contribution in [0.2, 0.25) is 0 Å². The van der Waals surface area contributed by atoms with Gasteiger partial charge in [0.2, 0.25) is 0 Å². The number of allylic oxidation sites excluding steroid dienone is 2. The summed E-state index contributed by atoms with van der Waals surface area (Å²) in [5, 5.41) is 15.8. The Bertz CT molecular complexity index is 206. The highest BCUT2D eigenvalue weighted by Gasteiger charge is 2.17. The first-order chi connectivity index (χ1) is 4.75. The van der Waals surface area contributed by atoms with Crippen molar-refractivity contribution in [2.24, 2.45) is 0 Å². The van der Waals surface area contributed by atoms with Gasteiger partial charge in [0.1, 0.15) is 5.76 Å². The number of hydrogen-bond donors (Lipinski definition) is 2. The Kier molecular flexibility index (Phi) is 1.85. The van der Waals surface area contributed by atoms with E-state index in [4.69, 9.17) is 10.5 Å². The van der Waals surface area contributed by atoms with Crippen molar-refractivity contribution < 1.29 is 9.90 Å². The van der Waals surface area contributed by atoms with Gasteiger partial charge in [-0.25, -0.2) is 0 Å². The number of hydrogen-bond acceptors (Lipinski definition) is 3. The predicted molar refractivity (Wildman–Crippen MR) is 37.3 cm³/mol. The molecular formula is C7H9NO2. The molecule has 3 nitrogen and oxygen atoms in total. The van der Waals surface area contributed by atoms with Crippen LogP contribution in [0.4, 0.5) is 0 Å². The number of ketones is 1. The number of nitrogens with one attached hydrogen (secondary N) is 1. The summed E-state index contributed by atoms with van der Waals surface area (Å²) < 4.78 is 0. The molecule has 3 heteroatoms. The molecule has 0 unspecified atom stereocenters. The van der Waals surface area contributed by atoms with E-state index >= 15 is 0 Å². The second-order valence-electron chi connectivity index (χ2n) is 2.28. The van der Waals surface area contributed by atoms with Gasteiger partial charge in [-0.05, 0) is 6.42 Å². The van der Waals surface area contributed by atoms with Gasteiger partial charge in [0.25, 0.3) is 0 Å². The molecule has 0 spiro atoms. The molecule has 0 saturated carbocycles. The van der Waals surface area contributed by atoms with Gasteiger partial charge in [0, 0.05) is 19.1 Å². The van der Waals surface area contributed by atoms with Crippen LogP contribution in [0.3, 0.4) is 0 Å². The van der Waals surface area contributed by atoms with E-state index in [-0.39, 0.29) is 17.1 Å². The van der Waals surface area contributed by atoms with E-state index in [1.165, 1.54) is 0 Å². The van der Waals surface area contributed by atoms with Crippen molar-refractivity contribution in [3.05, 3.63) is 11.3 Å². The maximum Gasteiger partial charge on any atom is 0.167 e. The monoisotopic (exact) mass is 139 g/mol. The Hall–Kier alpha value is -1.12. The molecule has 0 bridgehead atoms. The van der Waals surface area contributed by atoms with Gasteiger partial charge in [0.15, 0.2) is 5.78 Å². The lowest BCUT2D eigenvalue weighted by Crippen LogP contribution is -2.11. The van der Waals surface area contributed by atoms with Crippen LogP contribution in [0.1, 0.15) is 19.3 Å². The fraction of sp³-hybridized carbons (Fsp3) is 0.429. The van der Waals surface area contributed by atoms with Gasteiger partial charge in [-0.15, -0.1) is 0 Å². The van der Waals surface area contributed by atoms with Gasteiger partial charge < -0.3 is 10.5 Å². The molecule has 0 radical (unpaired) electrons. The zero-order chi connectivity index (χ0) is 7.56. The predicted octanol–water partition coefficient (Wildman–Crippen LogP) is 1.20. The van der Waals surface area contributed by atoms with Crippen molar-refractivity contribution in [2.45, 2.75) is 19.3 Å². The number of Topliss-reactive ketones (excluding diaryl/α,β-unsaturated/α-hetero) is 1. The zero-order valence-electron chi connectivity index (χ0n) is 5.55. The molecule has 0 heterocycles. The molecule has 0 aromatic heterocycles. The van der Waals surface area contributed by atoms with Crippen LogP contribution in [-0.2, 0) is 4.79 Å². The fourth-order valence-corrected chi connectivity index (χ4v) is 1.01. The van der Waals surface area contributed by atoms with Crippen molar-refractivity contribution >= 4 is 12.0 Å². The smallest absolute Gasteiger partial charge is 0.167 e. The van der Waals surface area contributed by atoms with Crippen LogP contribution in [0, 0.1) is 5.41 Å². The number of rotatable bonds is 1. The number of aliphatic hydroxyl groups excluding tert-OH is 1. The summed E-state index contributed by atoms with van der Waals surface area (Å²) >= 11 is 0. The van der Waals surface area contributed by atoms with Crippen LogP contribution < -0.4 is 0 Å². The second-order valence-corrected chi connectivity index (χ2v) is 2.28. The quantitative estimate of drug-likeness (QED) is 0.536. The molecule has 1 rings (SSSR count). The lowest BCUT2D eigenvalue weighted by atomic mass is 9.97. The first-order valence-electron chi connectivity index (χ1n) is 3.21. The normalized spacial score (nSPS) is 19.4. The molecule has 2 N–H and O–H groups in total. The van der Waals surface area contributed by atoms with E-state index in [0.29, 0.717) is 19.3 Å². The van der Waals surface area contributed by atoms with E-state index in [0.717, 1.165) is 6.21 Å². The second kappa shape index (κ2) is 2.64. The first kappa shape index (κ1) is 6.99. The summed E-state index contributed by atoms with van der Waals surface area (Å²) in [6, 6.07) is 0. The van der Waals surface area contributed by atoms with E-state index < -0.39 is 0 Å². The molecule has 0 aromatic carbocycles.